The number of phenols is 1. The number of carbonyl (C=O) groups is 4. The molecule has 0 unspecified atom stereocenters. The highest BCUT2D eigenvalue weighted by Crippen LogP contribution is 2.66. The van der Waals surface area contributed by atoms with Gasteiger partial charge in [-0.25, -0.2) is 9.29 Å². The Morgan fingerprint density at radius 2 is 1.57 bits per heavy atom. The molecule has 8 nitrogen and oxygen atoms in total. The van der Waals surface area contributed by atoms with Gasteiger partial charge in [-0.2, -0.15) is 0 Å². The zero-order valence-electron chi connectivity index (χ0n) is 24.5. The minimum absolute atomic E-state index is 0.0653. The number of phenolic OH excluding ortho intramolecular Hbond substituents is 1. The van der Waals surface area contributed by atoms with E-state index in [2.05, 4.69) is 6.58 Å². The van der Waals surface area contributed by atoms with Crippen molar-refractivity contribution in [2.45, 2.75) is 28.5 Å². The Morgan fingerprint density at radius 1 is 0.913 bits per heavy atom. The highest BCUT2D eigenvalue weighted by Gasteiger charge is 2.77. The van der Waals surface area contributed by atoms with Crippen molar-refractivity contribution >= 4 is 64.3 Å². The predicted octanol–water partition coefficient (Wildman–Crippen LogP) is 5.95. The molecule has 1 N–H and O–H groups in total. The van der Waals surface area contributed by atoms with Gasteiger partial charge in [0.15, 0.2) is 9.75 Å². The minimum atomic E-state index is -2.18. The molecule has 2 aliphatic carbocycles. The molecular weight excluding hydrogens is 634 g/mol. The molecule has 46 heavy (non-hydrogen) atoms. The molecule has 0 spiro atoms. The fourth-order valence-corrected chi connectivity index (χ4v) is 8.58. The van der Waals surface area contributed by atoms with E-state index in [0.717, 1.165) is 27.5 Å². The van der Waals surface area contributed by atoms with Gasteiger partial charge in [0.2, 0.25) is 11.8 Å². The number of halogens is 3. The summed E-state index contributed by atoms with van der Waals surface area (Å²) in [6.07, 6.45) is 3.35. The average Bonchev–Trinajstić information content (AvgIpc) is 3.39. The fraction of sp³-hybridized carbons (Fsp3) is 0.257. The number of amides is 4. The molecule has 3 fully saturated rings. The fourth-order valence-electron chi connectivity index (χ4n) is 7.65. The summed E-state index contributed by atoms with van der Waals surface area (Å²) in [6, 6.07) is 16.0. The summed E-state index contributed by atoms with van der Waals surface area (Å²) in [7, 11) is 1.44. The molecule has 0 bridgehead atoms. The first-order valence-corrected chi connectivity index (χ1v) is 15.4. The van der Waals surface area contributed by atoms with E-state index in [4.69, 9.17) is 27.9 Å². The van der Waals surface area contributed by atoms with E-state index < -0.39 is 57.0 Å². The molecule has 11 heteroatoms. The number of anilines is 2. The molecule has 234 valence electrons. The number of hydrogen-bond acceptors (Lipinski definition) is 6. The standard InChI is InChI=1S/C35H27Cl2FN2O6/c1-3-18-4-8-20(9-5-18)39-30(42)24-14-13-23-26(28(24)31(39)43)17-34(36)32(44)40(21-10-6-19(38)7-11-21)33(45)35(34,37)29(23)25-16-22(46-2)12-15-27(25)41/h3-13,15-16,24,26,28-29,41H,1,14,17H2,2H3/t24-,26+,28-,29+,34+,35-/m0/s1. The molecule has 7 rings (SSSR count). The Bertz CT molecular complexity index is 1880. The molecule has 2 saturated heterocycles. The molecular formula is C35H27Cl2FN2O6. The lowest BCUT2D eigenvalue weighted by Gasteiger charge is -2.50. The summed E-state index contributed by atoms with van der Waals surface area (Å²) in [5, 5.41) is 11.2. The van der Waals surface area contributed by atoms with E-state index in [1.807, 2.05) is 0 Å². The molecule has 3 aromatic carbocycles. The van der Waals surface area contributed by atoms with Gasteiger partial charge in [-0.05, 0) is 78.9 Å². The maximum absolute atomic E-state index is 14.4. The number of aromatic hydroxyl groups is 1. The lowest BCUT2D eigenvalue weighted by molar-refractivity contribution is -0.125. The van der Waals surface area contributed by atoms with Crippen LogP contribution in [-0.2, 0) is 19.2 Å². The number of ether oxygens (including phenoxy) is 1. The van der Waals surface area contributed by atoms with Crippen molar-refractivity contribution in [3.8, 4) is 11.5 Å². The van der Waals surface area contributed by atoms with Crippen LogP contribution in [0.4, 0.5) is 15.8 Å². The summed E-state index contributed by atoms with van der Waals surface area (Å²) >= 11 is 14.7. The minimum Gasteiger partial charge on any atom is -0.508 e. The molecule has 1 saturated carbocycles. The third kappa shape index (κ3) is 3.97. The molecule has 3 aromatic rings. The number of alkyl halides is 2. The topological polar surface area (TPSA) is 104 Å². The zero-order valence-corrected chi connectivity index (χ0v) is 26.0. The van der Waals surface area contributed by atoms with Gasteiger partial charge >= 0.3 is 0 Å². The van der Waals surface area contributed by atoms with Crippen LogP contribution in [-0.4, -0.2) is 45.6 Å². The van der Waals surface area contributed by atoms with E-state index in [1.54, 1.807) is 36.4 Å². The second kappa shape index (κ2) is 10.5. The number of imide groups is 2. The van der Waals surface area contributed by atoms with E-state index in [1.165, 1.54) is 37.4 Å². The summed E-state index contributed by atoms with van der Waals surface area (Å²) in [5.74, 6) is -6.66. The summed E-state index contributed by atoms with van der Waals surface area (Å²) in [5.41, 5.74) is 1.97. The van der Waals surface area contributed by atoms with Crippen LogP contribution in [0.3, 0.4) is 0 Å². The molecule has 2 heterocycles. The van der Waals surface area contributed by atoms with Crippen LogP contribution in [0.5, 0.6) is 11.5 Å². The van der Waals surface area contributed by atoms with Crippen LogP contribution in [0.25, 0.3) is 6.08 Å². The van der Waals surface area contributed by atoms with Crippen molar-refractivity contribution in [1.29, 1.82) is 0 Å². The van der Waals surface area contributed by atoms with Crippen molar-refractivity contribution in [3.63, 3.8) is 0 Å². The first-order valence-electron chi connectivity index (χ1n) is 14.7. The number of hydrogen-bond donors (Lipinski definition) is 1. The van der Waals surface area contributed by atoms with Crippen molar-refractivity contribution < 1.29 is 33.4 Å². The van der Waals surface area contributed by atoms with Crippen LogP contribution in [0.2, 0.25) is 0 Å². The number of nitrogens with zero attached hydrogens (tertiary/aromatic N) is 2. The van der Waals surface area contributed by atoms with Gasteiger partial charge < -0.3 is 9.84 Å². The maximum atomic E-state index is 14.4. The SMILES string of the molecule is C=Cc1ccc(N2C(=O)[C@H]3[C@H](CC=C4[C@H]3C[C@@]3(Cl)C(=O)N(c5ccc(F)cc5)C(=O)[C@@]3(Cl)[C@H]4c3cc(OC)ccc3O)C2=O)cc1. The molecule has 0 aromatic heterocycles. The van der Waals surface area contributed by atoms with Gasteiger partial charge in [0.25, 0.3) is 11.8 Å². The van der Waals surface area contributed by atoms with Gasteiger partial charge in [0.05, 0.1) is 30.3 Å². The zero-order chi connectivity index (χ0) is 32.7. The third-order valence-electron chi connectivity index (χ3n) is 9.83. The molecule has 4 amide bonds. The largest absolute Gasteiger partial charge is 0.508 e. The van der Waals surface area contributed by atoms with E-state index >= 15 is 0 Å². The number of rotatable bonds is 5. The Hall–Kier alpha value is -4.47. The van der Waals surface area contributed by atoms with Crippen LogP contribution >= 0.6 is 23.2 Å². The van der Waals surface area contributed by atoms with Crippen LogP contribution in [0.15, 0.2) is 85.0 Å². The predicted molar refractivity (Wildman–Crippen MR) is 170 cm³/mol. The summed E-state index contributed by atoms with van der Waals surface area (Å²) < 4.78 is 19.3. The number of benzene rings is 3. The summed E-state index contributed by atoms with van der Waals surface area (Å²) in [4.78, 5) is 54.5. The van der Waals surface area contributed by atoms with Crippen molar-refractivity contribution in [3.05, 3.63) is 102 Å². The first kappa shape index (κ1) is 30.2. The van der Waals surface area contributed by atoms with Crippen LogP contribution in [0, 0.1) is 23.6 Å². The molecule has 0 radical (unpaired) electrons. The molecule has 2 aliphatic heterocycles. The van der Waals surface area contributed by atoms with Gasteiger partial charge in [0.1, 0.15) is 17.3 Å². The normalized spacial score (nSPS) is 30.1. The van der Waals surface area contributed by atoms with Gasteiger partial charge in [-0.15, -0.1) is 23.2 Å². The Kier molecular flexibility index (Phi) is 6.92. The van der Waals surface area contributed by atoms with Crippen LogP contribution < -0.4 is 14.5 Å². The number of fused-ring (bicyclic) bond motifs is 4. The van der Waals surface area contributed by atoms with E-state index in [-0.39, 0.29) is 35.7 Å². The smallest absolute Gasteiger partial charge is 0.258 e. The molecule has 4 aliphatic rings. The van der Waals surface area contributed by atoms with Crippen molar-refractivity contribution in [1.82, 2.24) is 0 Å². The Morgan fingerprint density at radius 3 is 2.22 bits per heavy atom. The Labute approximate surface area is 273 Å². The quantitative estimate of drug-likeness (QED) is 0.206. The van der Waals surface area contributed by atoms with Crippen molar-refractivity contribution in [2.24, 2.45) is 17.8 Å². The monoisotopic (exact) mass is 660 g/mol. The van der Waals surface area contributed by atoms with Gasteiger partial charge in [0, 0.05) is 11.5 Å². The van der Waals surface area contributed by atoms with Gasteiger partial charge in [-0.3, -0.25) is 24.1 Å². The third-order valence-corrected chi connectivity index (χ3v) is 11.2. The van der Waals surface area contributed by atoms with Crippen LogP contribution in [0.1, 0.15) is 29.9 Å². The lowest BCUT2D eigenvalue weighted by atomic mass is 9.56. The number of methoxy groups -OCH3 is 1. The lowest BCUT2D eigenvalue weighted by Crippen LogP contribution is -2.60. The highest BCUT2D eigenvalue weighted by atomic mass is 35.5. The maximum Gasteiger partial charge on any atom is 0.258 e. The van der Waals surface area contributed by atoms with Gasteiger partial charge in [-0.1, -0.05) is 36.4 Å². The average molecular weight is 662 g/mol. The first-order chi connectivity index (χ1) is 22.0. The second-order valence-electron chi connectivity index (χ2n) is 12.0. The number of carbonyl (C=O) groups excluding carboxylic acids is 4. The van der Waals surface area contributed by atoms with E-state index in [9.17, 15) is 28.7 Å². The summed E-state index contributed by atoms with van der Waals surface area (Å²) in [6.45, 7) is 3.74. The second-order valence-corrected chi connectivity index (χ2v) is 13.2. The van der Waals surface area contributed by atoms with Crippen molar-refractivity contribution in [2.75, 3.05) is 16.9 Å². The number of allylic oxidation sites excluding steroid dienone is 2. The van der Waals surface area contributed by atoms with E-state index in [0.29, 0.717) is 17.0 Å². The molecule has 6 atom stereocenters. The Balaban J connectivity index is 1.40. The highest BCUT2D eigenvalue weighted by molar-refractivity contribution is 6.58.